The topological polar surface area (TPSA) is 82.5 Å². The first-order valence-corrected chi connectivity index (χ1v) is 4.81. The zero-order valence-electron chi connectivity index (χ0n) is 8.53. The molecule has 5 heteroatoms. The lowest BCUT2D eigenvalue weighted by molar-refractivity contribution is 0.0690. The van der Waals surface area contributed by atoms with E-state index in [1.807, 2.05) is 5.48 Å². The number of rotatable bonds is 5. The number of nitrogens with zero attached hydrogens (tertiary/aromatic N) is 1. The predicted octanol–water partition coefficient (Wildman–Crippen LogP) is 1.92. The zero-order valence-corrected chi connectivity index (χ0v) is 8.53. The fourth-order valence-corrected chi connectivity index (χ4v) is 1.27. The van der Waals surface area contributed by atoms with Crippen molar-refractivity contribution in [1.82, 2.24) is 4.98 Å². The third kappa shape index (κ3) is 2.92. The molecule has 0 aliphatic carbocycles. The summed E-state index contributed by atoms with van der Waals surface area (Å²) in [4.78, 5) is 14.4. The van der Waals surface area contributed by atoms with Crippen LogP contribution >= 0.6 is 0 Å². The van der Waals surface area contributed by atoms with Gasteiger partial charge in [-0.2, -0.15) is 0 Å². The van der Waals surface area contributed by atoms with Gasteiger partial charge in [0.2, 0.25) is 0 Å². The standard InChI is InChI=1S/C10H14N2O3/c1-2-3-4-7-6-11-9(10(13)14)5-8(7)12-15/h5-6,15H,2-4H2,1H3,(H,11,12)(H,13,14). The molecule has 0 amide bonds. The van der Waals surface area contributed by atoms with Crippen molar-refractivity contribution < 1.29 is 15.1 Å². The number of anilines is 1. The Hall–Kier alpha value is -1.62. The van der Waals surface area contributed by atoms with E-state index in [9.17, 15) is 4.79 Å². The van der Waals surface area contributed by atoms with Crippen molar-refractivity contribution in [3.8, 4) is 0 Å². The molecular formula is C10H14N2O3. The van der Waals surface area contributed by atoms with Crippen LogP contribution in [-0.4, -0.2) is 21.3 Å². The minimum absolute atomic E-state index is 0.0770. The number of hydrogen-bond donors (Lipinski definition) is 3. The van der Waals surface area contributed by atoms with E-state index in [1.54, 1.807) is 0 Å². The Morgan fingerprint density at radius 3 is 2.87 bits per heavy atom. The first kappa shape index (κ1) is 11.5. The molecular weight excluding hydrogens is 196 g/mol. The average molecular weight is 210 g/mol. The number of aromatic nitrogens is 1. The van der Waals surface area contributed by atoms with Gasteiger partial charge in [-0.3, -0.25) is 10.7 Å². The molecule has 5 nitrogen and oxygen atoms in total. The second-order valence-corrected chi connectivity index (χ2v) is 3.25. The van der Waals surface area contributed by atoms with Crippen molar-refractivity contribution in [1.29, 1.82) is 0 Å². The van der Waals surface area contributed by atoms with Crippen molar-refractivity contribution in [3.63, 3.8) is 0 Å². The van der Waals surface area contributed by atoms with Crippen LogP contribution in [0.2, 0.25) is 0 Å². The van der Waals surface area contributed by atoms with E-state index in [-0.39, 0.29) is 5.69 Å². The summed E-state index contributed by atoms with van der Waals surface area (Å²) in [7, 11) is 0. The molecule has 0 aliphatic heterocycles. The summed E-state index contributed by atoms with van der Waals surface area (Å²) in [6.07, 6.45) is 4.26. The third-order valence-electron chi connectivity index (χ3n) is 2.13. The molecule has 0 spiro atoms. The number of pyridine rings is 1. The van der Waals surface area contributed by atoms with Crippen LogP contribution in [0.1, 0.15) is 35.8 Å². The number of carbonyl (C=O) groups is 1. The molecule has 1 aromatic rings. The Kier molecular flexibility index (Phi) is 4.05. The Morgan fingerprint density at radius 1 is 1.60 bits per heavy atom. The minimum Gasteiger partial charge on any atom is -0.477 e. The van der Waals surface area contributed by atoms with Crippen molar-refractivity contribution in [2.45, 2.75) is 26.2 Å². The van der Waals surface area contributed by atoms with Gasteiger partial charge in [0.25, 0.3) is 0 Å². The summed E-state index contributed by atoms with van der Waals surface area (Å²) in [5.41, 5.74) is 3.16. The Morgan fingerprint density at radius 2 is 2.33 bits per heavy atom. The maximum Gasteiger partial charge on any atom is 0.354 e. The fourth-order valence-electron chi connectivity index (χ4n) is 1.27. The molecule has 3 N–H and O–H groups in total. The quantitative estimate of drug-likeness (QED) is 0.647. The summed E-state index contributed by atoms with van der Waals surface area (Å²) in [5.74, 6) is -1.10. The first-order chi connectivity index (χ1) is 7.19. The van der Waals surface area contributed by atoms with Gasteiger partial charge in [0.05, 0.1) is 5.69 Å². The number of nitrogens with one attached hydrogen (secondary N) is 1. The Balaban J connectivity index is 2.93. The van der Waals surface area contributed by atoms with Crippen LogP contribution in [0.4, 0.5) is 5.69 Å². The first-order valence-electron chi connectivity index (χ1n) is 4.81. The van der Waals surface area contributed by atoms with Gasteiger partial charge < -0.3 is 5.11 Å². The van der Waals surface area contributed by atoms with Crippen molar-refractivity contribution in [3.05, 3.63) is 23.5 Å². The molecule has 0 aromatic carbocycles. The maximum atomic E-state index is 10.6. The molecule has 0 saturated heterocycles. The van der Waals surface area contributed by atoms with Crippen LogP contribution < -0.4 is 5.48 Å². The monoisotopic (exact) mass is 210 g/mol. The number of hydrogen-bond acceptors (Lipinski definition) is 4. The predicted molar refractivity (Wildman–Crippen MR) is 55.2 cm³/mol. The smallest absolute Gasteiger partial charge is 0.354 e. The van der Waals surface area contributed by atoms with E-state index < -0.39 is 5.97 Å². The number of carboxylic acids is 1. The Bertz CT molecular complexity index is 353. The van der Waals surface area contributed by atoms with Crippen LogP contribution in [0.3, 0.4) is 0 Å². The molecule has 0 radical (unpaired) electrons. The van der Waals surface area contributed by atoms with Gasteiger partial charge in [0.1, 0.15) is 5.69 Å². The molecule has 0 bridgehead atoms. The SMILES string of the molecule is CCCCc1cnc(C(=O)O)cc1NO. The van der Waals surface area contributed by atoms with E-state index in [0.717, 1.165) is 24.8 Å². The van der Waals surface area contributed by atoms with Gasteiger partial charge in [-0.15, -0.1) is 0 Å². The molecule has 0 aliphatic rings. The summed E-state index contributed by atoms with van der Waals surface area (Å²) in [6, 6.07) is 1.33. The van der Waals surface area contributed by atoms with Crippen LogP contribution in [-0.2, 0) is 6.42 Å². The molecule has 15 heavy (non-hydrogen) atoms. The number of unbranched alkanes of at least 4 members (excludes halogenated alkanes) is 1. The molecule has 82 valence electrons. The summed E-state index contributed by atoms with van der Waals surface area (Å²) in [5, 5.41) is 17.6. The zero-order chi connectivity index (χ0) is 11.3. The average Bonchev–Trinajstić information content (AvgIpc) is 2.25. The number of aromatic carboxylic acids is 1. The lowest BCUT2D eigenvalue weighted by atomic mass is 10.1. The van der Waals surface area contributed by atoms with Crippen molar-refractivity contribution in [2.75, 3.05) is 5.48 Å². The van der Waals surface area contributed by atoms with E-state index in [2.05, 4.69) is 11.9 Å². The van der Waals surface area contributed by atoms with Gasteiger partial charge in [-0.05, 0) is 24.5 Å². The lowest BCUT2D eigenvalue weighted by Crippen LogP contribution is -2.04. The van der Waals surface area contributed by atoms with Crippen LogP contribution in [0, 0.1) is 0 Å². The molecule has 0 atom stereocenters. The van der Waals surface area contributed by atoms with Crippen LogP contribution in [0.5, 0.6) is 0 Å². The van der Waals surface area contributed by atoms with E-state index in [4.69, 9.17) is 10.3 Å². The number of carboxylic acid groups (broad SMARTS) is 1. The normalized spacial score (nSPS) is 10.0. The fraction of sp³-hybridized carbons (Fsp3) is 0.400. The van der Waals surface area contributed by atoms with Crippen LogP contribution in [0.15, 0.2) is 12.3 Å². The number of aryl methyl sites for hydroxylation is 1. The summed E-state index contributed by atoms with van der Waals surface area (Å²) >= 11 is 0. The van der Waals surface area contributed by atoms with E-state index in [0.29, 0.717) is 5.69 Å². The van der Waals surface area contributed by atoms with Crippen LogP contribution in [0.25, 0.3) is 0 Å². The summed E-state index contributed by atoms with van der Waals surface area (Å²) in [6.45, 7) is 2.06. The minimum atomic E-state index is -1.10. The van der Waals surface area contributed by atoms with Gasteiger partial charge >= 0.3 is 5.97 Å². The largest absolute Gasteiger partial charge is 0.477 e. The maximum absolute atomic E-state index is 10.6. The highest BCUT2D eigenvalue weighted by atomic mass is 16.5. The van der Waals surface area contributed by atoms with Crippen molar-refractivity contribution >= 4 is 11.7 Å². The second kappa shape index (κ2) is 5.31. The van der Waals surface area contributed by atoms with E-state index >= 15 is 0 Å². The van der Waals surface area contributed by atoms with Gasteiger partial charge in [0.15, 0.2) is 0 Å². The lowest BCUT2D eigenvalue weighted by Gasteiger charge is -2.07. The highest BCUT2D eigenvalue weighted by Gasteiger charge is 2.09. The molecule has 1 aromatic heterocycles. The van der Waals surface area contributed by atoms with Gasteiger partial charge in [-0.1, -0.05) is 13.3 Å². The molecule has 1 heterocycles. The Labute approximate surface area is 87.7 Å². The second-order valence-electron chi connectivity index (χ2n) is 3.25. The molecule has 0 saturated carbocycles. The highest BCUT2D eigenvalue weighted by molar-refractivity contribution is 5.86. The molecule has 0 unspecified atom stereocenters. The molecule has 0 fully saturated rings. The third-order valence-corrected chi connectivity index (χ3v) is 2.13. The van der Waals surface area contributed by atoms with Crippen molar-refractivity contribution in [2.24, 2.45) is 0 Å². The highest BCUT2D eigenvalue weighted by Crippen LogP contribution is 2.17. The summed E-state index contributed by atoms with van der Waals surface area (Å²) < 4.78 is 0. The van der Waals surface area contributed by atoms with Gasteiger partial charge in [-0.25, -0.2) is 9.78 Å². The van der Waals surface area contributed by atoms with E-state index in [1.165, 1.54) is 12.3 Å². The van der Waals surface area contributed by atoms with Gasteiger partial charge in [0, 0.05) is 6.20 Å². The molecule has 1 rings (SSSR count).